The Morgan fingerprint density at radius 2 is 1.79 bits per heavy atom. The molecule has 7 aliphatic carbocycles. The molecule has 2 heterocycles. The number of nitrogens with zero attached hydrogens (tertiary/aromatic N) is 1. The molecule has 0 aromatic carbocycles. The van der Waals surface area contributed by atoms with E-state index in [1.807, 2.05) is 4.90 Å². The van der Waals surface area contributed by atoms with Crippen molar-refractivity contribution in [2.24, 2.45) is 39.4 Å². The molecule has 2 bridgehead atoms. The number of rotatable bonds is 5. The molecule has 0 unspecified atom stereocenters. The fourth-order valence-corrected chi connectivity index (χ4v) is 12.6. The summed E-state index contributed by atoms with van der Waals surface area (Å²) in [5.74, 6) is 1.18. The van der Waals surface area contributed by atoms with E-state index in [1.165, 1.54) is 11.3 Å². The van der Waals surface area contributed by atoms with Crippen LogP contribution in [0.15, 0.2) is 41.3 Å². The third-order valence-corrected chi connectivity index (χ3v) is 15.1. The maximum atomic E-state index is 14.7. The highest BCUT2D eigenvalue weighted by atomic mass is 32.1. The maximum Gasteiger partial charge on any atom is 0.410 e. The lowest BCUT2D eigenvalue weighted by Crippen LogP contribution is -2.67. The summed E-state index contributed by atoms with van der Waals surface area (Å²) >= 11 is 1.75. The summed E-state index contributed by atoms with van der Waals surface area (Å²) in [5, 5.41) is 13.0. The molecule has 8 aliphatic rings. The summed E-state index contributed by atoms with van der Waals surface area (Å²) in [6.07, 6.45) is 19.8. The number of hydrogen-bond acceptors (Lipinski definition) is 5. The summed E-state index contributed by atoms with van der Waals surface area (Å²) in [5.41, 5.74) is -0.102. The number of Topliss-reactive ketones (excluding diaryl/α,β-unsaturated/α-hetero) is 1. The molecule has 1 aromatic rings. The second kappa shape index (κ2) is 9.30. The van der Waals surface area contributed by atoms with Crippen molar-refractivity contribution in [1.29, 1.82) is 0 Å². The number of hydrogen-bond donors (Lipinski definition) is 1. The van der Waals surface area contributed by atoms with Crippen LogP contribution in [0.1, 0.15) is 95.8 Å². The normalized spacial score (nSPS) is 45.9. The lowest BCUT2D eigenvalue weighted by molar-refractivity contribution is -0.169. The summed E-state index contributed by atoms with van der Waals surface area (Å²) < 4.78 is 6.53. The number of aliphatic hydroxyl groups is 1. The molecule has 6 heteroatoms. The molecule has 9 rings (SSSR count). The predicted molar refractivity (Wildman–Crippen MR) is 164 cm³/mol. The minimum atomic E-state index is -0.494. The zero-order chi connectivity index (χ0) is 29.0. The third kappa shape index (κ3) is 3.46. The van der Waals surface area contributed by atoms with E-state index in [4.69, 9.17) is 4.74 Å². The topological polar surface area (TPSA) is 66.8 Å². The Morgan fingerprint density at radius 3 is 2.57 bits per heavy atom. The van der Waals surface area contributed by atoms with E-state index in [9.17, 15) is 14.7 Å². The molecular weight excluding hydrogens is 542 g/mol. The Hall–Kier alpha value is -1.92. The van der Waals surface area contributed by atoms with Gasteiger partial charge in [0.25, 0.3) is 0 Å². The maximum absolute atomic E-state index is 14.7. The summed E-state index contributed by atoms with van der Waals surface area (Å²) in [6, 6.07) is 4.23. The van der Waals surface area contributed by atoms with Crippen LogP contribution in [-0.2, 0) is 16.0 Å². The highest BCUT2D eigenvalue weighted by Crippen LogP contribution is 2.79. The van der Waals surface area contributed by atoms with Crippen molar-refractivity contribution >= 4 is 23.2 Å². The van der Waals surface area contributed by atoms with Crippen LogP contribution in [0.3, 0.4) is 0 Å². The van der Waals surface area contributed by atoms with Crippen LogP contribution >= 0.6 is 11.3 Å². The Balaban J connectivity index is 1.19. The van der Waals surface area contributed by atoms with E-state index in [1.54, 1.807) is 11.3 Å². The zero-order valence-electron chi connectivity index (χ0n) is 25.4. The molecule has 5 nitrogen and oxygen atoms in total. The monoisotopic (exact) mass is 589 g/mol. The molecule has 1 N–H and O–H groups in total. The number of ether oxygens (including phenoxy) is 1. The van der Waals surface area contributed by atoms with E-state index in [2.05, 4.69) is 49.6 Å². The Morgan fingerprint density at radius 1 is 1.02 bits per heavy atom. The van der Waals surface area contributed by atoms with Crippen LogP contribution in [0, 0.1) is 39.4 Å². The molecule has 42 heavy (non-hydrogen) atoms. The van der Waals surface area contributed by atoms with E-state index in [0.717, 1.165) is 82.6 Å². The number of amides is 1. The van der Waals surface area contributed by atoms with Gasteiger partial charge in [-0.3, -0.25) is 4.79 Å². The number of carbonyl (C=O) groups excluding carboxylic acids is 2. The molecule has 5 fully saturated rings. The number of thiophene rings is 1. The van der Waals surface area contributed by atoms with Crippen molar-refractivity contribution in [2.45, 2.75) is 109 Å². The van der Waals surface area contributed by atoms with Gasteiger partial charge in [-0.15, -0.1) is 11.3 Å². The molecule has 4 saturated carbocycles. The lowest BCUT2D eigenvalue weighted by atomic mass is 9.32. The van der Waals surface area contributed by atoms with Crippen molar-refractivity contribution in [3.8, 4) is 0 Å². The molecule has 3 spiro atoms. The van der Waals surface area contributed by atoms with Gasteiger partial charge in [0.05, 0.1) is 12.6 Å². The van der Waals surface area contributed by atoms with Crippen LogP contribution in [0.25, 0.3) is 0 Å². The lowest BCUT2D eigenvalue weighted by Gasteiger charge is -2.71. The van der Waals surface area contributed by atoms with Crippen molar-refractivity contribution in [3.05, 3.63) is 46.2 Å². The largest absolute Gasteiger partial charge is 0.440 e. The zero-order valence-corrected chi connectivity index (χ0v) is 26.2. The Bertz CT molecular complexity index is 1350. The highest BCUT2D eigenvalue weighted by molar-refractivity contribution is 7.09. The summed E-state index contributed by atoms with van der Waals surface area (Å²) in [4.78, 5) is 31.4. The van der Waals surface area contributed by atoms with Gasteiger partial charge in [0.2, 0.25) is 0 Å². The fourth-order valence-electron chi connectivity index (χ4n) is 11.9. The molecule has 226 valence electrons. The van der Waals surface area contributed by atoms with E-state index in [-0.39, 0.29) is 45.7 Å². The Kier molecular flexibility index (Phi) is 6.11. The van der Waals surface area contributed by atoms with E-state index in [0.29, 0.717) is 24.8 Å². The SMILES string of the molecule is C[C@]12CC[C@H]3[C@]4(C=C[C@@]5(C=C4C(=O)C4CCCCC4)C[C@@H](O)CC[C@]35C)[C@@H]1CC[C@@]21CN(CCc2cccs2)C(=O)O1. The first-order valence-electron chi connectivity index (χ1n) is 16.8. The van der Waals surface area contributed by atoms with Gasteiger partial charge in [-0.1, -0.05) is 57.4 Å². The molecule has 1 aromatic heterocycles. The smallest absolute Gasteiger partial charge is 0.410 e. The second-order valence-corrected chi connectivity index (χ2v) is 16.6. The molecule has 8 atom stereocenters. The van der Waals surface area contributed by atoms with Crippen molar-refractivity contribution in [1.82, 2.24) is 4.90 Å². The van der Waals surface area contributed by atoms with Crippen LogP contribution in [0.2, 0.25) is 0 Å². The minimum Gasteiger partial charge on any atom is -0.440 e. The highest BCUT2D eigenvalue weighted by Gasteiger charge is 2.76. The van der Waals surface area contributed by atoms with Gasteiger partial charge in [0, 0.05) is 39.2 Å². The van der Waals surface area contributed by atoms with Gasteiger partial charge in [0.1, 0.15) is 5.60 Å². The van der Waals surface area contributed by atoms with Gasteiger partial charge in [-0.05, 0) is 92.9 Å². The average Bonchev–Trinajstić information content (AvgIpc) is 3.70. The molecule has 1 saturated heterocycles. The first kappa shape index (κ1) is 27.6. The number of aliphatic hydroxyl groups excluding tert-OH is 1. The number of ketones is 1. The van der Waals surface area contributed by atoms with Crippen molar-refractivity contribution in [2.75, 3.05) is 13.1 Å². The van der Waals surface area contributed by atoms with Crippen molar-refractivity contribution < 1.29 is 19.4 Å². The average molecular weight is 590 g/mol. The van der Waals surface area contributed by atoms with Crippen LogP contribution in [0.4, 0.5) is 4.79 Å². The standard InChI is InChI=1S/C36H47NO4S/c1-32-14-10-25(38)21-34(32)17-18-36(27(22-34)30(39)24-7-4-3-5-8-24)28(32)11-15-33(2)29(36)12-16-35(33)23-37(31(40)41-35)19-13-26-9-6-20-42-26/h6,9,17-18,20,22,24-25,28-29,38H,3-5,7-8,10-16,19,21,23H2,1-2H3/t25-,28+,29+,32+,33-,34-,35+,36+/m0/s1. The van der Waals surface area contributed by atoms with Gasteiger partial charge in [-0.25, -0.2) is 4.79 Å². The molecule has 0 radical (unpaired) electrons. The summed E-state index contributed by atoms with van der Waals surface area (Å²) in [6.45, 7) is 6.25. The summed E-state index contributed by atoms with van der Waals surface area (Å²) in [7, 11) is 0. The minimum absolute atomic E-state index is 0.0352. The van der Waals surface area contributed by atoms with Gasteiger partial charge in [-0.2, -0.15) is 0 Å². The first-order chi connectivity index (χ1) is 20.2. The fraction of sp³-hybridized carbons (Fsp3) is 0.722. The molecule has 1 aliphatic heterocycles. The number of fused-ring (bicyclic) bond motifs is 2. The van der Waals surface area contributed by atoms with Crippen LogP contribution in [0.5, 0.6) is 0 Å². The van der Waals surface area contributed by atoms with Gasteiger partial charge < -0.3 is 14.7 Å². The van der Waals surface area contributed by atoms with Gasteiger partial charge >= 0.3 is 6.09 Å². The molecule has 1 amide bonds. The van der Waals surface area contributed by atoms with Crippen LogP contribution < -0.4 is 0 Å². The van der Waals surface area contributed by atoms with Crippen molar-refractivity contribution in [3.63, 3.8) is 0 Å². The van der Waals surface area contributed by atoms with Crippen LogP contribution in [-0.4, -0.2) is 46.7 Å². The Labute approximate surface area is 254 Å². The van der Waals surface area contributed by atoms with Gasteiger partial charge in [0.15, 0.2) is 5.78 Å². The van der Waals surface area contributed by atoms with E-state index >= 15 is 0 Å². The first-order valence-corrected chi connectivity index (χ1v) is 17.7. The number of allylic oxidation sites excluding steroid dienone is 4. The predicted octanol–water partition coefficient (Wildman–Crippen LogP) is 7.49. The third-order valence-electron chi connectivity index (χ3n) is 14.1. The molecular formula is C36H47NO4S. The number of carbonyl (C=O) groups is 2. The van der Waals surface area contributed by atoms with E-state index < -0.39 is 5.60 Å². The quantitative estimate of drug-likeness (QED) is 0.362. The second-order valence-electron chi connectivity index (χ2n) is 15.6.